The van der Waals surface area contributed by atoms with Gasteiger partial charge in [-0.1, -0.05) is 110 Å². The number of fused-ring (bicyclic) bond motifs is 7. The minimum absolute atomic E-state index is 0. The summed E-state index contributed by atoms with van der Waals surface area (Å²) in [7, 11) is 0. The molecule has 0 aromatic carbocycles. The van der Waals surface area contributed by atoms with E-state index in [9.17, 15) is 4.79 Å². The molecule has 4 saturated carbocycles. The molecule has 5 aliphatic carbocycles. The van der Waals surface area contributed by atoms with Crippen LogP contribution in [0.15, 0.2) is 11.6 Å². The summed E-state index contributed by atoms with van der Waals surface area (Å²) in [6.07, 6.45) is 18.3. The third kappa shape index (κ3) is 6.52. The van der Waals surface area contributed by atoms with Crippen molar-refractivity contribution in [2.45, 2.75) is 146 Å². The molecule has 0 spiro atoms. The van der Waals surface area contributed by atoms with Crippen LogP contribution in [0.25, 0.3) is 0 Å². The first-order valence-electron chi connectivity index (χ1n) is 17.2. The summed E-state index contributed by atoms with van der Waals surface area (Å²) in [5.41, 5.74) is 2.19. The fraction of sp³-hybridized carbons (Fsp3) is 0.846. The Morgan fingerprint density at radius 2 is 1.64 bits per heavy atom. The van der Waals surface area contributed by atoms with Gasteiger partial charge in [-0.3, -0.25) is 17.6 Å². The average molecular weight is 903 g/mol. The van der Waals surface area contributed by atoms with E-state index in [4.69, 9.17) is 9.47 Å². The molecule has 6 aliphatic rings. The van der Waals surface area contributed by atoms with Crippen LogP contribution < -0.4 is 0 Å². The fourth-order valence-electron chi connectivity index (χ4n) is 11.6. The van der Waals surface area contributed by atoms with Gasteiger partial charge in [0.15, 0.2) is 6.29 Å². The summed E-state index contributed by atoms with van der Waals surface area (Å²) >= 11 is 0. The van der Waals surface area contributed by atoms with Crippen molar-refractivity contribution in [3.8, 4) is 0 Å². The van der Waals surface area contributed by atoms with Gasteiger partial charge in [0, 0.05) is 78.2 Å². The zero-order chi connectivity index (χ0) is 29.8. The van der Waals surface area contributed by atoms with Crippen molar-refractivity contribution < 1.29 is 86.6 Å². The van der Waals surface area contributed by atoms with Crippen molar-refractivity contribution in [1.82, 2.24) is 0 Å². The molecule has 0 amide bonds. The number of rotatable bonds is 3. The van der Waals surface area contributed by atoms with Crippen LogP contribution in [0.2, 0.25) is 0 Å². The van der Waals surface area contributed by atoms with Crippen molar-refractivity contribution >= 4 is 6.29 Å². The Morgan fingerprint density at radius 1 is 0.978 bits per heavy atom. The summed E-state index contributed by atoms with van der Waals surface area (Å²) in [4.78, 5) is 12.6. The monoisotopic (exact) mass is 902 g/mol. The molecule has 1 saturated heterocycles. The number of allylic oxidation sites excluding steroid dienone is 2. The van der Waals surface area contributed by atoms with Gasteiger partial charge in [0.05, 0.1) is 6.10 Å². The second-order valence-electron chi connectivity index (χ2n) is 17.5. The summed E-state index contributed by atoms with van der Waals surface area (Å²) < 4.78 is 13.4. The van der Waals surface area contributed by atoms with Crippen LogP contribution in [-0.4, -0.2) is 24.8 Å². The summed E-state index contributed by atoms with van der Waals surface area (Å²) in [6, 6.07) is 0. The first-order valence-corrected chi connectivity index (χ1v) is 17.2. The molecule has 0 aromatic rings. The summed E-state index contributed by atoms with van der Waals surface area (Å²) in [5.74, 6) is 4.76. The molecule has 0 aromatic heterocycles. The third-order valence-electron chi connectivity index (χ3n) is 15.3. The van der Waals surface area contributed by atoms with Crippen LogP contribution in [0.5, 0.6) is 0 Å². The Kier molecular flexibility index (Phi) is 14.0. The van der Waals surface area contributed by atoms with Gasteiger partial charge in [0.1, 0.15) is 0 Å². The molecule has 5 fully saturated rings. The predicted octanol–water partition coefficient (Wildman–Crippen LogP) is 9.76. The molecular weight excluding hydrogens is 840 g/mol. The van der Waals surface area contributed by atoms with Crippen LogP contribution in [-0.2, 0) is 86.6 Å². The molecule has 6 rings (SSSR count). The minimum atomic E-state index is -0.365. The first-order chi connectivity index (χ1) is 19.1. The number of ether oxygens (including phenoxy) is 2. The van der Waals surface area contributed by atoms with Crippen LogP contribution >= 0.6 is 0 Å². The van der Waals surface area contributed by atoms with Crippen molar-refractivity contribution in [2.24, 2.45) is 62.6 Å². The normalized spacial score (nSPS) is 50.2. The zero-order valence-electron chi connectivity index (χ0n) is 30.4. The number of hydrogen-bond donors (Lipinski definition) is 0. The topological polar surface area (TPSA) is 35.5 Å². The van der Waals surface area contributed by atoms with Crippen molar-refractivity contribution in [3.63, 3.8) is 0 Å². The first kappa shape index (κ1) is 42.9. The second-order valence-corrected chi connectivity index (χ2v) is 17.5. The second kappa shape index (κ2) is 14.7. The molecule has 1 heterocycles. The van der Waals surface area contributed by atoms with E-state index in [1.807, 2.05) is 0 Å². The maximum Gasteiger partial charge on any atom is 0.157 e. The minimum Gasteiger partial charge on any atom is -0.544 e. The van der Waals surface area contributed by atoms with Crippen LogP contribution in [0.3, 0.4) is 0 Å². The predicted molar refractivity (Wildman–Crippen MR) is 173 cm³/mol. The molecule has 45 heavy (non-hydrogen) atoms. The van der Waals surface area contributed by atoms with Gasteiger partial charge < -0.3 is 28.1 Å². The van der Waals surface area contributed by atoms with Gasteiger partial charge in [-0.2, -0.15) is 19.3 Å². The quantitative estimate of drug-likeness (QED) is 0.161. The number of hydrogen-bond acceptors (Lipinski definition) is 3. The average Bonchev–Trinajstić information content (AvgIpc) is 2.92. The van der Waals surface area contributed by atoms with Gasteiger partial charge in [-0.05, 0) is 66.6 Å². The summed E-state index contributed by atoms with van der Waals surface area (Å²) in [6.45, 7) is 24.3. The van der Waals surface area contributed by atoms with E-state index in [1.165, 1.54) is 19.3 Å². The summed E-state index contributed by atoms with van der Waals surface area (Å²) in [5, 5.41) is 0. The van der Waals surface area contributed by atoms with Gasteiger partial charge in [0.25, 0.3) is 0 Å². The van der Waals surface area contributed by atoms with Crippen molar-refractivity contribution in [2.75, 3.05) is 0 Å². The molecule has 0 bridgehead atoms. The van der Waals surface area contributed by atoms with E-state index in [-0.39, 0.29) is 125 Å². The van der Waals surface area contributed by atoms with Crippen molar-refractivity contribution in [1.29, 1.82) is 0 Å². The van der Waals surface area contributed by atoms with E-state index >= 15 is 0 Å². The zero-order valence-corrected chi connectivity index (χ0v) is 37.5. The molecule has 13 atom stereocenters. The van der Waals surface area contributed by atoms with E-state index in [1.54, 1.807) is 11.5 Å². The van der Waals surface area contributed by atoms with Gasteiger partial charge in [-0.25, -0.2) is 0 Å². The Labute approximate surface area is 329 Å². The van der Waals surface area contributed by atoms with Gasteiger partial charge in [0.2, 0.25) is 0 Å². The van der Waals surface area contributed by atoms with Crippen LogP contribution in [0.1, 0.15) is 127 Å². The molecule has 254 valence electrons. The van der Waals surface area contributed by atoms with Crippen molar-refractivity contribution in [3.05, 3.63) is 31.4 Å². The maximum atomic E-state index is 12.6. The molecule has 0 N–H and O–H groups in total. The van der Waals surface area contributed by atoms with E-state index < -0.39 is 0 Å². The largest absolute Gasteiger partial charge is 0.544 e. The smallest absolute Gasteiger partial charge is 0.157 e. The van der Waals surface area contributed by atoms with Crippen LogP contribution in [0.4, 0.5) is 0 Å². The third-order valence-corrected chi connectivity index (χ3v) is 15.3. The molecule has 6 heteroatoms. The standard InChI is InChI=1S/C38H59O3.CH3.V.W.Y/c1-23-24(2)27(5)40-33(25(23)3)41-31-14-15-35(8)28(26(31)4)13-16-37(10)32(35)12-11-29-30-21-34(6,7)17-19-38(30,22-39)20-18-36(29,37)9;;;;/h11,20,23-25,27-28,30-33H,12-19,21H2,1-10H3;1H3;;;/q-3;-1;;;/t23-,24-,25?,27?,28-,30?,31-,32?,33-,35?,36+,37-,38+;;;;/m0..../s1. The molecule has 5 unspecified atom stereocenters. The van der Waals surface area contributed by atoms with Gasteiger partial charge in [-0.15, -0.1) is 0 Å². The molecule has 1 aliphatic heterocycles. The van der Waals surface area contributed by atoms with E-state index in [0.29, 0.717) is 35.5 Å². The Bertz CT molecular complexity index is 1080. The fourth-order valence-corrected chi connectivity index (χ4v) is 11.6. The Morgan fingerprint density at radius 3 is 2.29 bits per heavy atom. The maximum absolute atomic E-state index is 12.6. The molecule has 3 nitrogen and oxygen atoms in total. The van der Waals surface area contributed by atoms with E-state index in [0.717, 1.165) is 38.5 Å². The Hall–Kier alpha value is 1.71. The molecule has 2 radical (unpaired) electrons. The van der Waals surface area contributed by atoms with Crippen LogP contribution in [0, 0.1) is 82.3 Å². The SMILES string of the molecule is C[C-]1[C@@H](O[C@@H]2OC(C)[C@@H](C)[C@H](C)C2C)CCC2(C)C3CC=C4C5CC(C)(C)CC[C@]5([C-]=O)[CH-]C[C@@]4(C)[C@@]3(C)CC[C@@H]12.[CH3-].[V].[W].[Y]. The van der Waals surface area contributed by atoms with E-state index in [2.05, 4.69) is 88.0 Å². The number of carbonyl (C=O) groups excluding carboxylic acids is 1. The van der Waals surface area contributed by atoms with Gasteiger partial charge >= 0.3 is 0 Å². The molecular formula is C39H62O3VWY-4. The Balaban J connectivity index is 0.00000176.